The molecule has 0 aromatic heterocycles. The predicted octanol–water partition coefficient (Wildman–Crippen LogP) is 6.66. The van der Waals surface area contributed by atoms with Crippen LogP contribution in [0.1, 0.15) is 44.4 Å². The lowest BCUT2D eigenvalue weighted by molar-refractivity contribution is -0.137. The van der Waals surface area contributed by atoms with Gasteiger partial charge in [-0.25, -0.2) is 0 Å². The van der Waals surface area contributed by atoms with Gasteiger partial charge in [0.05, 0.1) is 18.1 Å². The highest BCUT2D eigenvalue weighted by atomic mass is 35.5. The van der Waals surface area contributed by atoms with Crippen LogP contribution in [0.4, 0.5) is 13.2 Å². The third-order valence-electron chi connectivity index (χ3n) is 4.59. The van der Waals surface area contributed by atoms with Gasteiger partial charge in [-0.1, -0.05) is 29.3 Å². The van der Waals surface area contributed by atoms with E-state index in [4.69, 9.17) is 23.2 Å². The van der Waals surface area contributed by atoms with E-state index in [9.17, 15) is 23.1 Å². The molecule has 0 radical (unpaired) electrons. The van der Waals surface area contributed by atoms with Crippen molar-refractivity contribution < 1.29 is 23.1 Å². The molecule has 3 aromatic rings. The van der Waals surface area contributed by atoms with Crippen LogP contribution in [0.5, 0.6) is 0 Å². The average Bonchev–Trinajstić information content (AvgIpc) is 2.58. The Bertz CT molecular complexity index is 1140. The number of aliphatic hydroxyl groups excluding tert-OH is 1. The van der Waals surface area contributed by atoms with Gasteiger partial charge in [-0.15, -0.1) is 0 Å². The van der Waals surface area contributed by atoms with Crippen molar-refractivity contribution in [3.05, 3.63) is 57.6 Å². The van der Waals surface area contributed by atoms with Crippen molar-refractivity contribution >= 4 is 50.7 Å². The fourth-order valence-electron chi connectivity index (χ4n) is 3.41. The highest BCUT2D eigenvalue weighted by Gasteiger charge is 2.31. The number of carbonyl (C=O) groups is 1. The van der Waals surface area contributed by atoms with E-state index in [0.29, 0.717) is 21.7 Å². The van der Waals surface area contributed by atoms with Gasteiger partial charge in [0.1, 0.15) is 0 Å². The molecule has 160 valence electrons. The molecule has 0 aliphatic carbocycles. The maximum absolute atomic E-state index is 13.3. The van der Waals surface area contributed by atoms with E-state index in [2.05, 4.69) is 5.32 Å². The number of nitrogens with one attached hydrogen (secondary N) is 1. The molecule has 0 saturated carbocycles. The second kappa shape index (κ2) is 7.91. The molecular formula is C22H20Cl2F3NO2. The molecule has 1 atom stereocenters. The zero-order chi connectivity index (χ0) is 22.4. The zero-order valence-electron chi connectivity index (χ0n) is 16.5. The Hall–Kier alpha value is -2.02. The molecule has 0 aliphatic rings. The van der Waals surface area contributed by atoms with Crippen LogP contribution >= 0.6 is 23.2 Å². The van der Waals surface area contributed by atoms with Crippen LogP contribution in [0, 0.1) is 0 Å². The molecule has 1 unspecified atom stereocenters. The van der Waals surface area contributed by atoms with E-state index in [1.54, 1.807) is 6.07 Å². The van der Waals surface area contributed by atoms with Crippen LogP contribution in [0.25, 0.3) is 21.5 Å². The fourth-order valence-corrected chi connectivity index (χ4v) is 3.96. The third kappa shape index (κ3) is 4.82. The van der Waals surface area contributed by atoms with Gasteiger partial charge in [-0.3, -0.25) is 4.79 Å². The minimum atomic E-state index is -4.54. The summed E-state index contributed by atoms with van der Waals surface area (Å²) in [6, 6.07) is 7.87. The van der Waals surface area contributed by atoms with E-state index >= 15 is 0 Å². The van der Waals surface area contributed by atoms with Gasteiger partial charge in [0.15, 0.2) is 0 Å². The van der Waals surface area contributed by atoms with Crippen molar-refractivity contribution in [2.24, 2.45) is 0 Å². The average molecular weight is 458 g/mol. The Balaban J connectivity index is 2.22. The largest absolute Gasteiger partial charge is 0.416 e. The summed E-state index contributed by atoms with van der Waals surface area (Å²) in [5.41, 5.74) is -0.992. The summed E-state index contributed by atoms with van der Waals surface area (Å²) < 4.78 is 39.9. The van der Waals surface area contributed by atoms with Gasteiger partial charge in [-0.05, 0) is 72.8 Å². The standard InChI is InChI=1S/C22H20Cl2F3NO2/c1-21(2,3)28-20(30)10-19(29)17-9-16-15(7-12(23)8-18(16)24)14-6-11(22(25,26)27)4-5-13(14)17/h4-9,19,29H,10H2,1-3H3,(H,28,30). The van der Waals surface area contributed by atoms with Crippen LogP contribution in [-0.4, -0.2) is 16.6 Å². The van der Waals surface area contributed by atoms with Crippen LogP contribution in [-0.2, 0) is 11.0 Å². The number of carbonyl (C=O) groups excluding carboxylic acids is 1. The van der Waals surface area contributed by atoms with E-state index in [-0.39, 0.29) is 27.8 Å². The molecule has 0 saturated heterocycles. The number of hydrogen-bond acceptors (Lipinski definition) is 2. The molecule has 0 spiro atoms. The Morgan fingerprint density at radius 3 is 2.23 bits per heavy atom. The summed E-state index contributed by atoms with van der Waals surface area (Å²) in [7, 11) is 0. The van der Waals surface area contributed by atoms with E-state index in [0.717, 1.165) is 12.1 Å². The molecule has 3 rings (SSSR count). The number of amides is 1. The second-order valence-electron chi connectivity index (χ2n) is 8.22. The highest BCUT2D eigenvalue weighted by molar-refractivity contribution is 6.39. The maximum Gasteiger partial charge on any atom is 0.416 e. The smallest absolute Gasteiger partial charge is 0.388 e. The van der Waals surface area contributed by atoms with Crippen LogP contribution in [0.2, 0.25) is 10.0 Å². The molecule has 0 fully saturated rings. The summed E-state index contributed by atoms with van der Waals surface area (Å²) in [4.78, 5) is 12.3. The minimum Gasteiger partial charge on any atom is -0.388 e. The number of benzene rings is 3. The number of aliphatic hydroxyl groups is 1. The number of rotatable bonds is 3. The van der Waals surface area contributed by atoms with Gasteiger partial charge in [-0.2, -0.15) is 13.2 Å². The SMILES string of the molecule is CC(C)(C)NC(=O)CC(O)c1cc2c(Cl)cc(Cl)cc2c2cc(C(F)(F)F)ccc12. The first-order valence-electron chi connectivity index (χ1n) is 9.18. The first kappa shape index (κ1) is 22.7. The Morgan fingerprint density at radius 2 is 1.63 bits per heavy atom. The van der Waals surface area contributed by atoms with Gasteiger partial charge in [0.2, 0.25) is 5.91 Å². The van der Waals surface area contributed by atoms with Gasteiger partial charge >= 0.3 is 6.18 Å². The maximum atomic E-state index is 13.3. The Morgan fingerprint density at radius 1 is 1.00 bits per heavy atom. The first-order valence-corrected chi connectivity index (χ1v) is 9.93. The summed E-state index contributed by atoms with van der Waals surface area (Å²) in [5, 5.41) is 15.6. The van der Waals surface area contributed by atoms with Crippen molar-refractivity contribution in [1.29, 1.82) is 0 Å². The van der Waals surface area contributed by atoms with Gasteiger partial charge in [0.25, 0.3) is 0 Å². The minimum absolute atomic E-state index is 0.240. The van der Waals surface area contributed by atoms with Crippen molar-refractivity contribution in [2.75, 3.05) is 0 Å². The molecule has 0 bridgehead atoms. The topological polar surface area (TPSA) is 49.3 Å². The summed E-state index contributed by atoms with van der Waals surface area (Å²) >= 11 is 12.4. The molecule has 0 aliphatic heterocycles. The molecule has 30 heavy (non-hydrogen) atoms. The van der Waals surface area contributed by atoms with Crippen LogP contribution in [0.3, 0.4) is 0 Å². The quantitative estimate of drug-likeness (QED) is 0.432. The monoisotopic (exact) mass is 457 g/mol. The Labute approximate surface area is 181 Å². The highest BCUT2D eigenvalue weighted by Crippen LogP contribution is 2.40. The molecule has 3 aromatic carbocycles. The lowest BCUT2D eigenvalue weighted by Gasteiger charge is -2.22. The normalized spacial score (nSPS) is 13.6. The summed E-state index contributed by atoms with van der Waals surface area (Å²) in [6.45, 7) is 5.43. The van der Waals surface area contributed by atoms with Gasteiger partial charge < -0.3 is 10.4 Å². The summed E-state index contributed by atoms with van der Waals surface area (Å²) in [6.07, 6.45) is -6.02. The van der Waals surface area contributed by atoms with Crippen molar-refractivity contribution in [2.45, 2.75) is 45.0 Å². The molecule has 3 nitrogen and oxygen atoms in total. The number of halogens is 5. The van der Waals surface area contributed by atoms with E-state index in [1.165, 1.54) is 18.2 Å². The lowest BCUT2D eigenvalue weighted by atomic mass is 9.92. The first-order chi connectivity index (χ1) is 13.8. The van der Waals surface area contributed by atoms with Crippen molar-refractivity contribution in [3.63, 3.8) is 0 Å². The molecular weight excluding hydrogens is 438 g/mol. The number of fused-ring (bicyclic) bond motifs is 3. The van der Waals surface area contributed by atoms with E-state index in [1.807, 2.05) is 20.8 Å². The van der Waals surface area contributed by atoms with Crippen LogP contribution < -0.4 is 5.32 Å². The second-order valence-corrected chi connectivity index (χ2v) is 9.07. The molecule has 8 heteroatoms. The third-order valence-corrected chi connectivity index (χ3v) is 5.13. The van der Waals surface area contributed by atoms with Gasteiger partial charge in [0, 0.05) is 21.0 Å². The lowest BCUT2D eigenvalue weighted by Crippen LogP contribution is -2.41. The Kier molecular flexibility index (Phi) is 5.98. The van der Waals surface area contributed by atoms with Crippen LogP contribution in [0.15, 0.2) is 36.4 Å². The number of hydrogen-bond donors (Lipinski definition) is 2. The fraction of sp³-hybridized carbons (Fsp3) is 0.318. The molecule has 2 N–H and O–H groups in total. The zero-order valence-corrected chi connectivity index (χ0v) is 18.0. The summed E-state index contributed by atoms with van der Waals surface area (Å²) in [5.74, 6) is -0.377. The predicted molar refractivity (Wildman–Crippen MR) is 114 cm³/mol. The molecule has 0 heterocycles. The van der Waals surface area contributed by atoms with Crippen molar-refractivity contribution in [3.8, 4) is 0 Å². The van der Waals surface area contributed by atoms with Crippen molar-refractivity contribution in [1.82, 2.24) is 5.32 Å². The number of alkyl halides is 3. The molecule has 1 amide bonds. The van der Waals surface area contributed by atoms with E-state index < -0.39 is 23.4 Å².